The van der Waals surface area contributed by atoms with Gasteiger partial charge in [0.25, 0.3) is 5.56 Å². The summed E-state index contributed by atoms with van der Waals surface area (Å²) in [7, 11) is 1.68. The molecule has 0 aliphatic rings. The molecule has 3 rings (SSSR count). The van der Waals surface area contributed by atoms with Gasteiger partial charge in [0.1, 0.15) is 0 Å². The summed E-state index contributed by atoms with van der Waals surface area (Å²) in [5.41, 5.74) is 2.86. The van der Waals surface area contributed by atoms with Gasteiger partial charge >= 0.3 is 0 Å². The van der Waals surface area contributed by atoms with Gasteiger partial charge in [-0.3, -0.25) is 14.2 Å². The number of aromatic nitrogens is 2. The minimum atomic E-state index is -0.120. The van der Waals surface area contributed by atoms with E-state index in [0.717, 1.165) is 16.8 Å². The third-order valence-electron chi connectivity index (χ3n) is 4.66. The van der Waals surface area contributed by atoms with Crippen molar-refractivity contribution in [1.29, 1.82) is 0 Å². The molecule has 6 heteroatoms. The number of nitrogens with zero attached hydrogens (tertiary/aromatic N) is 2. The highest BCUT2D eigenvalue weighted by Crippen LogP contribution is 2.20. The van der Waals surface area contributed by atoms with Crippen molar-refractivity contribution in [2.45, 2.75) is 31.0 Å². The molecule has 150 valence electrons. The Hall–Kier alpha value is -2.86. The maximum Gasteiger partial charge on any atom is 0.254 e. The van der Waals surface area contributed by atoms with Crippen LogP contribution in [0.3, 0.4) is 0 Å². The van der Waals surface area contributed by atoms with E-state index in [4.69, 9.17) is 0 Å². The molecule has 0 aliphatic heterocycles. The number of amides is 1. The summed E-state index contributed by atoms with van der Waals surface area (Å²) in [6, 6.07) is 21.5. The van der Waals surface area contributed by atoms with Crippen LogP contribution in [0.1, 0.15) is 29.8 Å². The predicted molar refractivity (Wildman–Crippen MR) is 117 cm³/mol. The number of aryl methyl sites for hydroxylation is 1. The molecule has 29 heavy (non-hydrogen) atoms. The van der Waals surface area contributed by atoms with Crippen molar-refractivity contribution in [3.05, 3.63) is 93.9 Å². The van der Waals surface area contributed by atoms with E-state index in [-0.39, 0.29) is 23.3 Å². The van der Waals surface area contributed by atoms with E-state index in [1.54, 1.807) is 7.05 Å². The van der Waals surface area contributed by atoms with Crippen LogP contribution in [-0.2, 0) is 24.7 Å². The van der Waals surface area contributed by atoms with Gasteiger partial charge in [0, 0.05) is 18.8 Å². The smallest absolute Gasteiger partial charge is 0.254 e. The molecule has 0 saturated heterocycles. The Morgan fingerprint density at radius 1 is 1.10 bits per heavy atom. The first kappa shape index (κ1) is 20.9. The van der Waals surface area contributed by atoms with Crippen molar-refractivity contribution >= 4 is 17.7 Å². The quantitative estimate of drug-likeness (QED) is 0.458. The number of carbonyl (C=O) groups is 1. The molecule has 1 amide bonds. The van der Waals surface area contributed by atoms with Crippen LogP contribution in [0, 0.1) is 0 Å². The van der Waals surface area contributed by atoms with Gasteiger partial charge in [0.15, 0.2) is 5.16 Å². The Bertz CT molecular complexity index is 1000. The van der Waals surface area contributed by atoms with Crippen LogP contribution < -0.4 is 10.9 Å². The van der Waals surface area contributed by atoms with Crippen LogP contribution in [0.5, 0.6) is 0 Å². The minimum absolute atomic E-state index is 0.0871. The molecule has 0 fully saturated rings. The van der Waals surface area contributed by atoms with Gasteiger partial charge in [-0.25, -0.2) is 4.98 Å². The molecule has 0 radical (unpaired) electrons. The van der Waals surface area contributed by atoms with Gasteiger partial charge in [-0.05, 0) is 24.0 Å². The summed E-state index contributed by atoms with van der Waals surface area (Å²) < 4.78 is 1.48. The van der Waals surface area contributed by atoms with Crippen molar-refractivity contribution in [3.8, 4) is 0 Å². The third kappa shape index (κ3) is 5.81. The molecule has 1 unspecified atom stereocenters. The first-order valence-corrected chi connectivity index (χ1v) is 10.6. The van der Waals surface area contributed by atoms with Gasteiger partial charge in [0.2, 0.25) is 5.91 Å². The molecule has 3 aromatic rings. The second-order valence-electron chi connectivity index (χ2n) is 6.79. The SMILES string of the molecule is CCc1cc(=O)n(C)c(SCC(=O)NC(Cc2ccccc2)c2ccccc2)n1. The highest BCUT2D eigenvalue weighted by Gasteiger charge is 2.16. The van der Waals surface area contributed by atoms with Crippen LogP contribution >= 0.6 is 11.8 Å². The predicted octanol–water partition coefficient (Wildman–Crippen LogP) is 3.54. The van der Waals surface area contributed by atoms with E-state index in [0.29, 0.717) is 18.0 Å². The molecule has 1 aromatic heterocycles. The number of nitrogens with one attached hydrogen (secondary N) is 1. The Morgan fingerprint density at radius 3 is 2.41 bits per heavy atom. The normalized spacial score (nSPS) is 11.8. The molecular formula is C23H25N3O2S. The minimum Gasteiger partial charge on any atom is -0.348 e. The molecule has 1 N–H and O–H groups in total. The number of hydrogen-bond acceptors (Lipinski definition) is 4. The summed E-state index contributed by atoms with van der Waals surface area (Å²) in [5, 5.41) is 3.70. The van der Waals surface area contributed by atoms with Gasteiger partial charge in [0.05, 0.1) is 11.8 Å². The third-order valence-corrected chi connectivity index (χ3v) is 5.69. The first-order valence-electron chi connectivity index (χ1n) is 9.64. The van der Waals surface area contributed by atoms with Gasteiger partial charge in [-0.15, -0.1) is 0 Å². The van der Waals surface area contributed by atoms with E-state index in [1.165, 1.54) is 22.4 Å². The average molecular weight is 408 g/mol. The maximum absolute atomic E-state index is 12.7. The van der Waals surface area contributed by atoms with Crippen LogP contribution in [0.2, 0.25) is 0 Å². The lowest BCUT2D eigenvalue weighted by Crippen LogP contribution is -2.31. The fourth-order valence-corrected chi connectivity index (χ4v) is 3.84. The molecule has 1 heterocycles. The number of hydrogen-bond donors (Lipinski definition) is 1. The summed E-state index contributed by atoms with van der Waals surface area (Å²) in [6.07, 6.45) is 1.40. The zero-order valence-corrected chi connectivity index (χ0v) is 17.5. The van der Waals surface area contributed by atoms with Gasteiger partial charge < -0.3 is 5.32 Å². The summed E-state index contributed by atoms with van der Waals surface area (Å²) in [5.74, 6) is 0.113. The van der Waals surface area contributed by atoms with Crippen LogP contribution in [-0.4, -0.2) is 21.2 Å². The van der Waals surface area contributed by atoms with Crippen molar-refractivity contribution in [2.24, 2.45) is 7.05 Å². The zero-order chi connectivity index (χ0) is 20.6. The van der Waals surface area contributed by atoms with Gasteiger partial charge in [-0.1, -0.05) is 79.3 Å². The lowest BCUT2D eigenvalue weighted by atomic mass is 9.99. The fourth-order valence-electron chi connectivity index (χ4n) is 3.03. The van der Waals surface area contributed by atoms with Crippen LogP contribution in [0.15, 0.2) is 76.7 Å². The first-order chi connectivity index (χ1) is 14.1. The van der Waals surface area contributed by atoms with Crippen molar-refractivity contribution in [3.63, 3.8) is 0 Å². The van der Waals surface area contributed by atoms with Crippen molar-refractivity contribution < 1.29 is 4.79 Å². The second kappa shape index (κ2) is 10.1. The summed E-state index contributed by atoms with van der Waals surface area (Å²) in [4.78, 5) is 29.2. The Kier molecular flexibility index (Phi) is 7.25. The number of benzene rings is 2. The number of rotatable bonds is 8. The highest BCUT2D eigenvalue weighted by atomic mass is 32.2. The molecular weight excluding hydrogens is 382 g/mol. The lowest BCUT2D eigenvalue weighted by molar-refractivity contribution is -0.119. The second-order valence-corrected chi connectivity index (χ2v) is 7.73. The molecule has 2 aromatic carbocycles. The molecule has 5 nitrogen and oxygen atoms in total. The topological polar surface area (TPSA) is 64.0 Å². The van der Waals surface area contributed by atoms with Crippen molar-refractivity contribution in [1.82, 2.24) is 14.9 Å². The highest BCUT2D eigenvalue weighted by molar-refractivity contribution is 7.99. The summed E-state index contributed by atoms with van der Waals surface area (Å²) >= 11 is 1.28. The molecule has 0 aliphatic carbocycles. The van der Waals surface area contributed by atoms with E-state index < -0.39 is 0 Å². The molecule has 1 atom stereocenters. The Balaban J connectivity index is 1.70. The van der Waals surface area contributed by atoms with E-state index in [9.17, 15) is 9.59 Å². The van der Waals surface area contributed by atoms with Crippen LogP contribution in [0.25, 0.3) is 0 Å². The number of thioether (sulfide) groups is 1. The zero-order valence-electron chi connectivity index (χ0n) is 16.7. The van der Waals surface area contributed by atoms with E-state index >= 15 is 0 Å². The van der Waals surface area contributed by atoms with Gasteiger partial charge in [-0.2, -0.15) is 0 Å². The Labute approximate surface area is 175 Å². The molecule has 0 saturated carbocycles. The average Bonchev–Trinajstić information content (AvgIpc) is 2.75. The fraction of sp³-hybridized carbons (Fsp3) is 0.261. The van der Waals surface area contributed by atoms with Crippen molar-refractivity contribution in [2.75, 3.05) is 5.75 Å². The molecule has 0 spiro atoms. The molecule has 0 bridgehead atoms. The monoisotopic (exact) mass is 407 g/mol. The van der Waals surface area contributed by atoms with E-state index in [1.807, 2.05) is 55.5 Å². The largest absolute Gasteiger partial charge is 0.348 e. The maximum atomic E-state index is 12.7. The van der Waals surface area contributed by atoms with E-state index in [2.05, 4.69) is 22.4 Å². The van der Waals surface area contributed by atoms with Crippen LogP contribution in [0.4, 0.5) is 0 Å². The number of carbonyl (C=O) groups excluding carboxylic acids is 1. The standard InChI is InChI=1S/C23H25N3O2S/c1-3-19-15-22(28)26(2)23(24-19)29-16-21(27)25-20(18-12-8-5-9-13-18)14-17-10-6-4-7-11-17/h4-13,15,20H,3,14,16H2,1-2H3,(H,25,27). The summed E-state index contributed by atoms with van der Waals surface area (Å²) in [6.45, 7) is 1.96. The Morgan fingerprint density at radius 2 is 1.76 bits per heavy atom. The lowest BCUT2D eigenvalue weighted by Gasteiger charge is -2.19.